The second-order valence-corrected chi connectivity index (χ2v) is 4.88. The molecule has 0 unspecified atom stereocenters. The van der Waals surface area contributed by atoms with E-state index in [0.717, 1.165) is 24.3 Å². The average Bonchev–Trinajstić information content (AvgIpc) is 2.54. The van der Waals surface area contributed by atoms with E-state index in [-0.39, 0.29) is 17.8 Å². The van der Waals surface area contributed by atoms with Crippen LogP contribution in [-0.2, 0) is 4.79 Å². The number of likely N-dealkylation sites (N-methyl/N-ethyl adjacent to an activating group) is 1. The molecule has 0 saturated carbocycles. The molecule has 1 saturated heterocycles. The van der Waals surface area contributed by atoms with E-state index in [9.17, 15) is 4.79 Å². The van der Waals surface area contributed by atoms with E-state index in [2.05, 4.69) is 5.32 Å². The molecule has 1 aromatic rings. The molecule has 1 amide bonds. The van der Waals surface area contributed by atoms with Crippen LogP contribution in [0.1, 0.15) is 12.8 Å². The summed E-state index contributed by atoms with van der Waals surface area (Å²) in [7, 11) is 3.16. The predicted molar refractivity (Wildman–Crippen MR) is 80.0 cm³/mol. The number of carbonyl (C=O) groups excluding carboxylic acids is 1. The van der Waals surface area contributed by atoms with Gasteiger partial charge in [0.25, 0.3) is 5.91 Å². The van der Waals surface area contributed by atoms with Crippen molar-refractivity contribution in [1.82, 2.24) is 10.2 Å². The van der Waals surface area contributed by atoms with Crippen molar-refractivity contribution in [3.05, 3.63) is 24.3 Å². The summed E-state index contributed by atoms with van der Waals surface area (Å²) in [6.07, 6.45) is 1.63. The van der Waals surface area contributed by atoms with Gasteiger partial charge < -0.3 is 19.7 Å². The van der Waals surface area contributed by atoms with Gasteiger partial charge in [-0.3, -0.25) is 10.2 Å². The number of piperidine rings is 1. The lowest BCUT2D eigenvalue weighted by atomic mass is 10.1. The van der Waals surface area contributed by atoms with Crippen LogP contribution in [0.2, 0.25) is 0 Å². The number of hydrogen-bond donors (Lipinski definition) is 2. The maximum atomic E-state index is 11.4. The first-order chi connectivity index (χ1) is 10.2. The van der Waals surface area contributed by atoms with Crippen LogP contribution < -0.4 is 14.8 Å². The Hall–Kier alpha value is -2.24. The monoisotopic (exact) mass is 291 g/mol. The summed E-state index contributed by atoms with van der Waals surface area (Å²) < 4.78 is 11.2. The predicted octanol–water partition coefficient (Wildman–Crippen LogP) is 1.26. The SMILES string of the molecule is CNC(=O)C(=N)N1CCC(Oc2ccccc2OC)CC1. The molecule has 0 bridgehead atoms. The quantitative estimate of drug-likeness (QED) is 0.649. The first-order valence-electron chi connectivity index (χ1n) is 7.01. The minimum absolute atomic E-state index is 0.0215. The molecular formula is C15H21N3O3. The van der Waals surface area contributed by atoms with Crippen molar-refractivity contribution in [3.63, 3.8) is 0 Å². The Bertz CT molecular complexity index is 511. The van der Waals surface area contributed by atoms with Crippen molar-refractivity contribution in [3.8, 4) is 11.5 Å². The molecule has 0 aliphatic carbocycles. The maximum absolute atomic E-state index is 11.4. The summed E-state index contributed by atoms with van der Waals surface area (Å²) in [6, 6.07) is 7.57. The summed E-state index contributed by atoms with van der Waals surface area (Å²) in [5.41, 5.74) is 0. The standard InChI is InChI=1S/C15H21N3O3/c1-17-15(19)14(16)18-9-7-11(8-10-18)21-13-6-4-3-5-12(13)20-2/h3-6,11,16H,7-10H2,1-2H3,(H,17,19). The number of carbonyl (C=O) groups is 1. The second kappa shape index (κ2) is 6.97. The zero-order valence-electron chi connectivity index (χ0n) is 12.4. The van der Waals surface area contributed by atoms with Gasteiger partial charge in [-0.25, -0.2) is 0 Å². The van der Waals surface area contributed by atoms with Crippen molar-refractivity contribution < 1.29 is 14.3 Å². The Morgan fingerprint density at radius 2 is 1.90 bits per heavy atom. The molecule has 2 rings (SSSR count). The number of amides is 1. The highest BCUT2D eigenvalue weighted by molar-refractivity contribution is 6.36. The molecule has 2 N–H and O–H groups in total. The van der Waals surface area contributed by atoms with Gasteiger partial charge in [0.05, 0.1) is 7.11 Å². The van der Waals surface area contributed by atoms with Crippen LogP contribution in [0.5, 0.6) is 11.5 Å². The fourth-order valence-electron chi connectivity index (χ4n) is 2.35. The Morgan fingerprint density at radius 1 is 1.29 bits per heavy atom. The van der Waals surface area contributed by atoms with Gasteiger partial charge in [0.15, 0.2) is 17.3 Å². The van der Waals surface area contributed by atoms with Gasteiger partial charge in [0, 0.05) is 33.0 Å². The zero-order chi connectivity index (χ0) is 15.2. The van der Waals surface area contributed by atoms with Gasteiger partial charge in [0.1, 0.15) is 6.10 Å². The number of rotatable bonds is 3. The first-order valence-corrected chi connectivity index (χ1v) is 7.01. The number of benzene rings is 1. The topological polar surface area (TPSA) is 74.7 Å². The number of nitrogens with one attached hydrogen (secondary N) is 2. The lowest BCUT2D eigenvalue weighted by molar-refractivity contribution is -0.115. The zero-order valence-corrected chi connectivity index (χ0v) is 12.4. The maximum Gasteiger partial charge on any atom is 0.286 e. The molecule has 1 aliphatic rings. The summed E-state index contributed by atoms with van der Waals surface area (Å²) in [5.74, 6) is 1.13. The summed E-state index contributed by atoms with van der Waals surface area (Å²) in [4.78, 5) is 13.2. The van der Waals surface area contributed by atoms with Crippen molar-refractivity contribution >= 4 is 11.7 Å². The van der Waals surface area contributed by atoms with Crippen molar-refractivity contribution in [2.45, 2.75) is 18.9 Å². The molecule has 0 aromatic heterocycles. The molecule has 0 radical (unpaired) electrons. The number of likely N-dealkylation sites (tertiary alicyclic amines) is 1. The lowest BCUT2D eigenvalue weighted by Crippen LogP contribution is -2.47. The van der Waals surface area contributed by atoms with Crippen LogP contribution in [0.4, 0.5) is 0 Å². The van der Waals surface area contributed by atoms with Gasteiger partial charge in [-0.1, -0.05) is 12.1 Å². The summed E-state index contributed by atoms with van der Waals surface area (Å²) in [5, 5.41) is 10.3. The van der Waals surface area contributed by atoms with Crippen LogP contribution >= 0.6 is 0 Å². The fraction of sp³-hybridized carbons (Fsp3) is 0.467. The Balaban J connectivity index is 1.90. The molecular weight excluding hydrogens is 270 g/mol. The van der Waals surface area contributed by atoms with E-state index in [1.165, 1.54) is 7.05 Å². The minimum atomic E-state index is -0.348. The lowest BCUT2D eigenvalue weighted by Gasteiger charge is -2.33. The van der Waals surface area contributed by atoms with Gasteiger partial charge in [-0.15, -0.1) is 0 Å². The summed E-state index contributed by atoms with van der Waals surface area (Å²) >= 11 is 0. The van der Waals surface area contributed by atoms with Crippen molar-refractivity contribution in [2.24, 2.45) is 0 Å². The molecule has 6 heteroatoms. The normalized spacial score (nSPS) is 15.4. The third kappa shape index (κ3) is 3.65. The third-order valence-electron chi connectivity index (χ3n) is 3.56. The fourth-order valence-corrected chi connectivity index (χ4v) is 2.35. The summed E-state index contributed by atoms with van der Waals surface area (Å²) in [6.45, 7) is 1.29. The smallest absolute Gasteiger partial charge is 0.286 e. The van der Waals surface area contributed by atoms with Gasteiger partial charge in [-0.2, -0.15) is 0 Å². The van der Waals surface area contributed by atoms with Crippen molar-refractivity contribution in [2.75, 3.05) is 27.2 Å². The highest BCUT2D eigenvalue weighted by Gasteiger charge is 2.25. The average molecular weight is 291 g/mol. The number of ether oxygens (including phenoxy) is 2. The Labute approximate surface area is 124 Å². The van der Waals surface area contributed by atoms with E-state index in [1.54, 1.807) is 12.0 Å². The molecule has 0 atom stereocenters. The molecule has 1 heterocycles. The van der Waals surface area contributed by atoms with E-state index < -0.39 is 0 Å². The van der Waals surface area contributed by atoms with E-state index in [4.69, 9.17) is 14.9 Å². The molecule has 0 spiro atoms. The number of nitrogens with zero attached hydrogens (tertiary/aromatic N) is 1. The Morgan fingerprint density at radius 3 is 2.48 bits per heavy atom. The van der Waals surface area contributed by atoms with E-state index in [1.807, 2.05) is 24.3 Å². The first kappa shape index (κ1) is 15.2. The van der Waals surface area contributed by atoms with Crippen LogP contribution in [0, 0.1) is 5.41 Å². The molecule has 1 fully saturated rings. The number of methoxy groups -OCH3 is 1. The van der Waals surface area contributed by atoms with Gasteiger partial charge >= 0.3 is 0 Å². The Kier molecular flexibility index (Phi) is 5.03. The largest absolute Gasteiger partial charge is 0.493 e. The molecule has 114 valence electrons. The van der Waals surface area contributed by atoms with Gasteiger partial charge in [0.2, 0.25) is 0 Å². The van der Waals surface area contributed by atoms with Gasteiger partial charge in [-0.05, 0) is 12.1 Å². The van der Waals surface area contributed by atoms with E-state index >= 15 is 0 Å². The molecule has 1 aliphatic heterocycles. The van der Waals surface area contributed by atoms with Crippen molar-refractivity contribution in [1.29, 1.82) is 5.41 Å². The van der Waals surface area contributed by atoms with Crippen LogP contribution in [-0.4, -0.2) is 50.0 Å². The second-order valence-electron chi connectivity index (χ2n) is 4.88. The number of hydrogen-bond acceptors (Lipinski definition) is 4. The van der Waals surface area contributed by atoms with E-state index in [0.29, 0.717) is 13.1 Å². The minimum Gasteiger partial charge on any atom is -0.493 e. The van der Waals surface area contributed by atoms with Crippen LogP contribution in [0.15, 0.2) is 24.3 Å². The van der Waals surface area contributed by atoms with Crippen LogP contribution in [0.3, 0.4) is 0 Å². The number of amidine groups is 1. The highest BCUT2D eigenvalue weighted by Crippen LogP contribution is 2.28. The highest BCUT2D eigenvalue weighted by atomic mass is 16.5. The van der Waals surface area contributed by atoms with Crippen LogP contribution in [0.25, 0.3) is 0 Å². The molecule has 21 heavy (non-hydrogen) atoms. The third-order valence-corrected chi connectivity index (χ3v) is 3.56. The molecule has 6 nitrogen and oxygen atoms in total. The molecule has 1 aromatic carbocycles. The number of para-hydroxylation sites is 2.